The molecule has 1 aromatic heterocycles. The first-order valence-electron chi connectivity index (χ1n) is 6.21. The number of halogens is 1. The first kappa shape index (κ1) is 13.6. The van der Waals surface area contributed by atoms with Crippen molar-refractivity contribution in [3.63, 3.8) is 0 Å². The van der Waals surface area contributed by atoms with Crippen LogP contribution < -0.4 is 5.32 Å². The van der Waals surface area contributed by atoms with Gasteiger partial charge in [0.2, 0.25) is 0 Å². The van der Waals surface area contributed by atoms with Gasteiger partial charge in [0.05, 0.1) is 0 Å². The normalized spacial score (nSPS) is 17.9. The van der Waals surface area contributed by atoms with Crippen molar-refractivity contribution >= 4 is 23.7 Å². The molecule has 0 fully saturated rings. The number of benzene rings is 1. The molecule has 1 N–H and O–H groups in total. The van der Waals surface area contributed by atoms with Gasteiger partial charge >= 0.3 is 0 Å². The number of aryl methyl sites for hydroxylation is 1. The quantitative estimate of drug-likeness (QED) is 0.879. The number of fused-ring (bicyclic) bond motifs is 1. The monoisotopic (exact) mass is 279 g/mol. The smallest absolute Gasteiger partial charge is 0.0348 e. The lowest BCUT2D eigenvalue weighted by Gasteiger charge is -2.20. The van der Waals surface area contributed by atoms with Crippen molar-refractivity contribution in [1.82, 2.24) is 5.32 Å². The summed E-state index contributed by atoms with van der Waals surface area (Å²) < 4.78 is 0. The van der Waals surface area contributed by atoms with Gasteiger partial charge in [0, 0.05) is 15.8 Å². The second-order valence-electron chi connectivity index (χ2n) is 4.65. The van der Waals surface area contributed by atoms with Gasteiger partial charge in [-0.1, -0.05) is 30.3 Å². The van der Waals surface area contributed by atoms with E-state index in [1.165, 1.54) is 29.7 Å². The number of nitrogens with one attached hydrogen (secondary N) is 1. The fourth-order valence-corrected chi connectivity index (χ4v) is 3.73. The highest BCUT2D eigenvalue weighted by Gasteiger charge is 2.20. The molecule has 0 radical (unpaired) electrons. The van der Waals surface area contributed by atoms with Crippen molar-refractivity contribution in [2.75, 3.05) is 7.05 Å². The Morgan fingerprint density at radius 2 is 2.00 bits per heavy atom. The van der Waals surface area contributed by atoms with E-state index in [0.29, 0.717) is 6.04 Å². The Kier molecular flexibility index (Phi) is 4.44. The van der Waals surface area contributed by atoms with Crippen molar-refractivity contribution in [3.8, 4) is 10.4 Å². The fourth-order valence-electron chi connectivity index (χ4n) is 2.51. The minimum atomic E-state index is 0. The Morgan fingerprint density at radius 1 is 1.22 bits per heavy atom. The molecule has 18 heavy (non-hydrogen) atoms. The summed E-state index contributed by atoms with van der Waals surface area (Å²) in [6.07, 6.45) is 3.70. The molecular weight excluding hydrogens is 262 g/mol. The van der Waals surface area contributed by atoms with E-state index in [9.17, 15) is 0 Å². The highest BCUT2D eigenvalue weighted by Crippen LogP contribution is 2.35. The number of likely N-dealkylation sites (N-methyl/N-ethyl adjacent to an activating group) is 1. The van der Waals surface area contributed by atoms with Crippen molar-refractivity contribution in [3.05, 3.63) is 46.8 Å². The molecule has 0 saturated heterocycles. The van der Waals surface area contributed by atoms with Crippen LogP contribution in [0.25, 0.3) is 10.4 Å². The molecule has 1 unspecified atom stereocenters. The van der Waals surface area contributed by atoms with Gasteiger partial charge in [-0.05, 0) is 43.5 Å². The van der Waals surface area contributed by atoms with E-state index in [1.807, 2.05) is 11.3 Å². The maximum absolute atomic E-state index is 3.40. The van der Waals surface area contributed by atoms with E-state index in [4.69, 9.17) is 0 Å². The van der Waals surface area contributed by atoms with Crippen LogP contribution in [0.2, 0.25) is 0 Å². The van der Waals surface area contributed by atoms with Gasteiger partial charge in [0.25, 0.3) is 0 Å². The lowest BCUT2D eigenvalue weighted by atomic mass is 9.94. The van der Waals surface area contributed by atoms with Crippen molar-refractivity contribution in [2.45, 2.75) is 25.3 Å². The van der Waals surface area contributed by atoms with Gasteiger partial charge in [0.1, 0.15) is 0 Å². The van der Waals surface area contributed by atoms with Crippen LogP contribution in [0.4, 0.5) is 0 Å². The standard InChI is InChI=1S/C15H17NS.ClH/c1-16-13-7-8-14-12(9-13)10-15(17-14)11-5-3-2-4-6-11;/h2-6,10,13,16H,7-9H2,1H3;1H. The van der Waals surface area contributed by atoms with Gasteiger partial charge in [-0.3, -0.25) is 0 Å². The molecule has 0 saturated carbocycles. The molecule has 3 rings (SSSR count). The maximum atomic E-state index is 3.40. The van der Waals surface area contributed by atoms with Gasteiger partial charge in [0.15, 0.2) is 0 Å². The van der Waals surface area contributed by atoms with Crippen LogP contribution in [0.3, 0.4) is 0 Å². The van der Waals surface area contributed by atoms with E-state index in [1.54, 1.807) is 10.4 Å². The molecule has 1 aromatic carbocycles. The molecular formula is C15H18ClNS. The molecule has 1 aliphatic carbocycles. The predicted octanol–water partition coefficient (Wildman–Crippen LogP) is 3.91. The summed E-state index contributed by atoms with van der Waals surface area (Å²) in [5, 5.41) is 3.40. The van der Waals surface area contributed by atoms with Gasteiger partial charge in [-0.2, -0.15) is 0 Å². The molecule has 0 amide bonds. The predicted molar refractivity (Wildman–Crippen MR) is 81.9 cm³/mol. The van der Waals surface area contributed by atoms with Crippen LogP contribution in [0, 0.1) is 0 Å². The van der Waals surface area contributed by atoms with E-state index in [-0.39, 0.29) is 12.4 Å². The van der Waals surface area contributed by atoms with Crippen LogP contribution in [-0.2, 0) is 12.8 Å². The summed E-state index contributed by atoms with van der Waals surface area (Å²) in [7, 11) is 2.07. The Labute approximate surface area is 119 Å². The highest BCUT2D eigenvalue weighted by atomic mass is 35.5. The third-order valence-corrected chi connectivity index (χ3v) is 4.84. The van der Waals surface area contributed by atoms with E-state index in [0.717, 1.165) is 0 Å². The highest BCUT2D eigenvalue weighted by molar-refractivity contribution is 7.15. The average Bonchev–Trinajstić information content (AvgIpc) is 2.82. The molecule has 0 spiro atoms. The Morgan fingerprint density at radius 3 is 2.72 bits per heavy atom. The third-order valence-electron chi connectivity index (χ3n) is 3.55. The first-order chi connectivity index (χ1) is 8.36. The average molecular weight is 280 g/mol. The van der Waals surface area contributed by atoms with Crippen LogP contribution in [0.5, 0.6) is 0 Å². The maximum Gasteiger partial charge on any atom is 0.0348 e. The molecule has 1 atom stereocenters. The second kappa shape index (κ2) is 5.87. The summed E-state index contributed by atoms with van der Waals surface area (Å²) >= 11 is 1.97. The van der Waals surface area contributed by atoms with E-state index < -0.39 is 0 Å². The Bertz CT molecular complexity index is 506. The minimum Gasteiger partial charge on any atom is -0.317 e. The van der Waals surface area contributed by atoms with Crippen LogP contribution >= 0.6 is 23.7 Å². The van der Waals surface area contributed by atoms with Crippen LogP contribution in [-0.4, -0.2) is 13.1 Å². The number of rotatable bonds is 2. The summed E-state index contributed by atoms with van der Waals surface area (Å²) in [6.45, 7) is 0. The molecule has 1 aliphatic rings. The molecule has 3 heteroatoms. The summed E-state index contributed by atoms with van der Waals surface area (Å²) in [4.78, 5) is 3.02. The van der Waals surface area contributed by atoms with Crippen molar-refractivity contribution in [1.29, 1.82) is 0 Å². The number of thiophene rings is 1. The van der Waals surface area contributed by atoms with Gasteiger partial charge in [-0.25, -0.2) is 0 Å². The van der Waals surface area contributed by atoms with Gasteiger partial charge in [-0.15, -0.1) is 23.7 Å². The summed E-state index contributed by atoms with van der Waals surface area (Å²) in [5.74, 6) is 0. The van der Waals surface area contributed by atoms with Gasteiger partial charge < -0.3 is 5.32 Å². The van der Waals surface area contributed by atoms with E-state index >= 15 is 0 Å². The third kappa shape index (κ3) is 2.61. The molecule has 0 aliphatic heterocycles. The molecule has 0 bridgehead atoms. The lowest BCUT2D eigenvalue weighted by Crippen LogP contribution is -2.30. The second-order valence-corrected chi connectivity index (χ2v) is 5.79. The molecule has 2 aromatic rings. The molecule has 1 heterocycles. The summed E-state index contributed by atoms with van der Waals surface area (Å²) in [5.41, 5.74) is 2.91. The topological polar surface area (TPSA) is 12.0 Å². The lowest BCUT2D eigenvalue weighted by molar-refractivity contribution is 0.501. The minimum absolute atomic E-state index is 0. The van der Waals surface area contributed by atoms with Crippen molar-refractivity contribution in [2.24, 2.45) is 0 Å². The van der Waals surface area contributed by atoms with Crippen molar-refractivity contribution < 1.29 is 0 Å². The largest absolute Gasteiger partial charge is 0.317 e. The zero-order valence-electron chi connectivity index (χ0n) is 10.5. The number of hydrogen-bond donors (Lipinski definition) is 1. The molecule has 1 nitrogen and oxygen atoms in total. The first-order valence-corrected chi connectivity index (χ1v) is 7.03. The zero-order valence-corrected chi connectivity index (χ0v) is 12.1. The van der Waals surface area contributed by atoms with Crippen LogP contribution in [0.15, 0.2) is 36.4 Å². The molecule has 96 valence electrons. The van der Waals surface area contributed by atoms with Crippen LogP contribution in [0.1, 0.15) is 16.9 Å². The fraction of sp³-hybridized carbons (Fsp3) is 0.333. The summed E-state index contributed by atoms with van der Waals surface area (Å²) in [6, 6.07) is 13.8. The zero-order chi connectivity index (χ0) is 11.7. The Hall–Kier alpha value is -0.830. The van der Waals surface area contributed by atoms with E-state index in [2.05, 4.69) is 48.8 Å². The number of hydrogen-bond acceptors (Lipinski definition) is 2. The SMILES string of the molecule is CNC1CCc2sc(-c3ccccc3)cc2C1.Cl. The Balaban J connectivity index is 0.00000120.